The molecule has 76 valence electrons. The average molecular weight is 220 g/mol. The third-order valence-electron chi connectivity index (χ3n) is 2.99. The molecule has 1 aromatic heterocycles. The van der Waals surface area contributed by atoms with Gasteiger partial charge in [-0.15, -0.1) is 0 Å². The van der Waals surface area contributed by atoms with Gasteiger partial charge < -0.3 is 4.57 Å². The number of rotatable bonds is 0. The molecule has 0 spiro atoms. The number of nitrogens with zero attached hydrogens (tertiary/aromatic N) is 1. The van der Waals surface area contributed by atoms with Gasteiger partial charge in [-0.2, -0.15) is 0 Å². The van der Waals surface area contributed by atoms with Gasteiger partial charge in [-0.1, -0.05) is 29.8 Å². The molecule has 2 nitrogen and oxygen atoms in total. The minimum Gasteiger partial charge on any atom is -0.308 e. The average Bonchev–Trinajstić information content (AvgIpc) is 2.25. The molecule has 1 aromatic carbocycles. The standard InChI is InChI=1S/C12H10ClNO/c13-10-7-11(15)14-6-2-4-8-3-1-5-9(10)12(8)14/h1,3,5,7H,2,4,6H2. The second-order valence-electron chi connectivity index (χ2n) is 3.90. The fraction of sp³-hybridized carbons (Fsp3) is 0.250. The van der Waals surface area contributed by atoms with Crippen LogP contribution in [0, 0.1) is 0 Å². The monoisotopic (exact) mass is 219 g/mol. The largest absolute Gasteiger partial charge is 0.308 e. The summed E-state index contributed by atoms with van der Waals surface area (Å²) in [5.41, 5.74) is 2.28. The molecule has 3 heteroatoms. The summed E-state index contributed by atoms with van der Waals surface area (Å²) < 4.78 is 1.83. The van der Waals surface area contributed by atoms with Crippen LogP contribution < -0.4 is 5.56 Å². The second-order valence-corrected chi connectivity index (χ2v) is 4.31. The first kappa shape index (κ1) is 8.98. The summed E-state index contributed by atoms with van der Waals surface area (Å²) in [6, 6.07) is 7.57. The lowest BCUT2D eigenvalue weighted by atomic mass is 10.0. The maximum Gasteiger partial charge on any atom is 0.252 e. The van der Waals surface area contributed by atoms with Gasteiger partial charge in [0.15, 0.2) is 0 Å². The molecule has 1 aliphatic heterocycles. The van der Waals surface area contributed by atoms with Crippen molar-refractivity contribution in [1.82, 2.24) is 4.57 Å². The van der Waals surface area contributed by atoms with Crippen LogP contribution in [-0.4, -0.2) is 4.57 Å². The van der Waals surface area contributed by atoms with Crippen molar-refractivity contribution < 1.29 is 0 Å². The number of benzene rings is 1. The van der Waals surface area contributed by atoms with E-state index < -0.39 is 0 Å². The second kappa shape index (κ2) is 3.11. The van der Waals surface area contributed by atoms with Crippen molar-refractivity contribution in [2.24, 2.45) is 0 Å². The van der Waals surface area contributed by atoms with E-state index in [1.54, 1.807) is 0 Å². The topological polar surface area (TPSA) is 22.0 Å². The molecule has 0 saturated heterocycles. The number of aryl methyl sites for hydroxylation is 2. The van der Waals surface area contributed by atoms with E-state index >= 15 is 0 Å². The molecule has 0 saturated carbocycles. The number of aromatic nitrogens is 1. The SMILES string of the molecule is O=c1cc(Cl)c2cccc3c2n1CCC3. The fourth-order valence-corrected chi connectivity index (χ4v) is 2.57. The van der Waals surface area contributed by atoms with Crippen molar-refractivity contribution in [3.8, 4) is 0 Å². The Kier molecular flexibility index (Phi) is 1.86. The van der Waals surface area contributed by atoms with Gasteiger partial charge in [-0.25, -0.2) is 0 Å². The Labute approximate surface area is 92.1 Å². The molecular weight excluding hydrogens is 210 g/mol. The highest BCUT2D eigenvalue weighted by Gasteiger charge is 2.14. The molecule has 0 bridgehead atoms. The third-order valence-corrected chi connectivity index (χ3v) is 3.30. The summed E-state index contributed by atoms with van der Waals surface area (Å²) in [6.45, 7) is 0.809. The third kappa shape index (κ3) is 1.21. The van der Waals surface area contributed by atoms with E-state index in [2.05, 4.69) is 6.07 Å². The highest BCUT2D eigenvalue weighted by Crippen LogP contribution is 2.27. The predicted octanol–water partition coefficient (Wildman–Crippen LogP) is 2.60. The number of hydrogen-bond acceptors (Lipinski definition) is 1. The Hall–Kier alpha value is -1.28. The summed E-state index contributed by atoms with van der Waals surface area (Å²) in [5.74, 6) is 0. The Morgan fingerprint density at radius 1 is 1.33 bits per heavy atom. The summed E-state index contributed by atoms with van der Waals surface area (Å²) in [6.07, 6.45) is 2.07. The first-order valence-electron chi connectivity index (χ1n) is 5.08. The molecule has 2 aromatic rings. The van der Waals surface area contributed by atoms with Crippen LogP contribution in [0.2, 0.25) is 5.02 Å². The van der Waals surface area contributed by atoms with Gasteiger partial charge in [-0.05, 0) is 18.4 Å². The van der Waals surface area contributed by atoms with E-state index in [0.717, 1.165) is 30.3 Å². The van der Waals surface area contributed by atoms with Crippen LogP contribution in [0.15, 0.2) is 29.1 Å². The highest BCUT2D eigenvalue weighted by molar-refractivity contribution is 6.35. The molecule has 15 heavy (non-hydrogen) atoms. The van der Waals surface area contributed by atoms with Gasteiger partial charge in [0.2, 0.25) is 0 Å². The predicted molar refractivity (Wildman–Crippen MR) is 61.5 cm³/mol. The first-order chi connectivity index (χ1) is 7.27. The number of hydrogen-bond donors (Lipinski definition) is 0. The minimum absolute atomic E-state index is 0.0136. The lowest BCUT2D eigenvalue weighted by Gasteiger charge is -2.19. The van der Waals surface area contributed by atoms with Crippen molar-refractivity contribution in [1.29, 1.82) is 0 Å². The summed E-state index contributed by atoms with van der Waals surface area (Å²) in [7, 11) is 0. The van der Waals surface area contributed by atoms with Crippen LogP contribution in [0.25, 0.3) is 10.9 Å². The van der Waals surface area contributed by atoms with E-state index in [0.29, 0.717) is 5.02 Å². The summed E-state index contributed by atoms with van der Waals surface area (Å²) in [5, 5.41) is 1.56. The zero-order valence-electron chi connectivity index (χ0n) is 8.16. The molecule has 1 aliphatic rings. The lowest BCUT2D eigenvalue weighted by molar-refractivity contribution is 0.616. The molecule has 0 N–H and O–H groups in total. The Morgan fingerprint density at radius 2 is 2.20 bits per heavy atom. The van der Waals surface area contributed by atoms with Crippen molar-refractivity contribution in [3.05, 3.63) is 45.2 Å². The maximum atomic E-state index is 11.7. The van der Waals surface area contributed by atoms with Gasteiger partial charge in [0.1, 0.15) is 0 Å². The van der Waals surface area contributed by atoms with Crippen LogP contribution in [0.4, 0.5) is 0 Å². The van der Waals surface area contributed by atoms with E-state index in [4.69, 9.17) is 11.6 Å². The van der Waals surface area contributed by atoms with Crippen molar-refractivity contribution in [2.45, 2.75) is 19.4 Å². The lowest BCUT2D eigenvalue weighted by Crippen LogP contribution is -2.23. The van der Waals surface area contributed by atoms with Gasteiger partial charge in [0.25, 0.3) is 5.56 Å². The van der Waals surface area contributed by atoms with Gasteiger partial charge >= 0.3 is 0 Å². The van der Waals surface area contributed by atoms with Crippen LogP contribution in [0.1, 0.15) is 12.0 Å². The van der Waals surface area contributed by atoms with Crippen LogP contribution >= 0.6 is 11.6 Å². The smallest absolute Gasteiger partial charge is 0.252 e. The molecule has 0 unspecified atom stereocenters. The van der Waals surface area contributed by atoms with Crippen LogP contribution in [0.3, 0.4) is 0 Å². The molecule has 0 atom stereocenters. The molecular formula is C12H10ClNO. The van der Waals surface area contributed by atoms with E-state index in [1.807, 2.05) is 16.7 Å². The molecule has 2 heterocycles. The normalized spacial score (nSPS) is 14.5. The zero-order valence-corrected chi connectivity index (χ0v) is 8.92. The van der Waals surface area contributed by atoms with E-state index in [1.165, 1.54) is 11.6 Å². The van der Waals surface area contributed by atoms with E-state index in [-0.39, 0.29) is 5.56 Å². The number of halogens is 1. The highest BCUT2D eigenvalue weighted by atomic mass is 35.5. The van der Waals surface area contributed by atoms with E-state index in [9.17, 15) is 4.79 Å². The number of para-hydroxylation sites is 1. The maximum absolute atomic E-state index is 11.7. The Balaban J connectivity index is 2.59. The quantitative estimate of drug-likeness (QED) is 0.668. The fourth-order valence-electron chi connectivity index (χ4n) is 2.33. The Bertz CT molecular complexity index is 600. The number of pyridine rings is 1. The molecule has 3 rings (SSSR count). The van der Waals surface area contributed by atoms with Gasteiger partial charge in [-0.3, -0.25) is 4.79 Å². The van der Waals surface area contributed by atoms with Crippen molar-refractivity contribution in [3.63, 3.8) is 0 Å². The molecule has 0 radical (unpaired) electrons. The summed E-state index contributed by atoms with van der Waals surface area (Å²) >= 11 is 6.07. The van der Waals surface area contributed by atoms with Gasteiger partial charge in [0, 0.05) is 18.0 Å². The first-order valence-corrected chi connectivity index (χ1v) is 5.46. The van der Waals surface area contributed by atoms with Crippen LogP contribution in [0.5, 0.6) is 0 Å². The van der Waals surface area contributed by atoms with Crippen molar-refractivity contribution in [2.75, 3.05) is 0 Å². The molecule has 0 aliphatic carbocycles. The van der Waals surface area contributed by atoms with Crippen LogP contribution in [-0.2, 0) is 13.0 Å². The Morgan fingerprint density at radius 3 is 3.07 bits per heavy atom. The van der Waals surface area contributed by atoms with Crippen molar-refractivity contribution >= 4 is 22.5 Å². The summed E-state index contributed by atoms with van der Waals surface area (Å²) in [4.78, 5) is 11.7. The van der Waals surface area contributed by atoms with Gasteiger partial charge in [0.05, 0.1) is 10.5 Å². The zero-order chi connectivity index (χ0) is 10.4. The molecule has 0 fully saturated rings. The molecule has 0 amide bonds. The minimum atomic E-state index is 0.0136.